The molecule has 10 heteroatoms. The number of benzene rings is 1. The van der Waals surface area contributed by atoms with Gasteiger partial charge >= 0.3 is 5.97 Å². The number of allylic oxidation sites excluding steroid dienone is 1. The van der Waals surface area contributed by atoms with E-state index in [-0.39, 0.29) is 26.0 Å². The molecule has 1 fully saturated rings. The van der Waals surface area contributed by atoms with E-state index < -0.39 is 55.2 Å². The molecule has 0 bridgehead atoms. The minimum atomic E-state index is -1.24. The summed E-state index contributed by atoms with van der Waals surface area (Å²) in [5.41, 5.74) is 2.30. The van der Waals surface area contributed by atoms with Crippen molar-refractivity contribution in [1.29, 1.82) is 5.26 Å². The molecule has 1 aromatic rings. The highest BCUT2D eigenvalue weighted by molar-refractivity contribution is 6.76. The van der Waals surface area contributed by atoms with Crippen molar-refractivity contribution >= 4 is 14.0 Å². The second-order valence-corrected chi connectivity index (χ2v) is 21.1. The van der Waals surface area contributed by atoms with Gasteiger partial charge < -0.3 is 33.2 Å². The van der Waals surface area contributed by atoms with Crippen LogP contribution in [0, 0.1) is 28.6 Å². The average Bonchev–Trinajstić information content (AvgIpc) is 3.40. The third kappa shape index (κ3) is 9.66. The molecule has 0 amide bonds. The Morgan fingerprint density at radius 3 is 2.44 bits per heavy atom. The lowest BCUT2D eigenvalue weighted by molar-refractivity contribution is -0.225. The fourth-order valence-corrected chi connectivity index (χ4v) is 7.64. The van der Waals surface area contributed by atoms with E-state index in [1.807, 2.05) is 37.3 Å². The number of nitrogens with zero attached hydrogens (tertiary/aromatic N) is 1. The van der Waals surface area contributed by atoms with Crippen molar-refractivity contribution in [2.45, 2.75) is 117 Å². The highest BCUT2D eigenvalue weighted by atomic mass is 28.3. The van der Waals surface area contributed by atoms with Gasteiger partial charge in [0.05, 0.1) is 18.8 Å². The number of carbonyl (C=O) groups is 1. The maximum absolute atomic E-state index is 12.0. The molecule has 1 aromatic carbocycles. The van der Waals surface area contributed by atoms with Crippen LogP contribution in [0.5, 0.6) is 0 Å². The molecule has 0 aromatic heterocycles. The van der Waals surface area contributed by atoms with E-state index in [9.17, 15) is 10.1 Å². The van der Waals surface area contributed by atoms with Crippen LogP contribution in [0.3, 0.4) is 0 Å². The molecule has 1 saturated heterocycles. The fourth-order valence-electron chi connectivity index (χ4n) is 6.89. The van der Waals surface area contributed by atoms with Crippen LogP contribution in [0.1, 0.15) is 73.2 Å². The molecule has 1 aliphatic carbocycles. The quantitative estimate of drug-likeness (QED) is 0.0531. The van der Waals surface area contributed by atoms with Crippen molar-refractivity contribution in [1.82, 2.24) is 0 Å². The Morgan fingerprint density at radius 1 is 1.19 bits per heavy atom. The standard InChI is InChI=1S/C38H59NO8Si/c1-26-18-19-38(36(5,6)31(26)24-44-29(4)40)34(45-35(47-38)30-16-14-13-15-17-30)33(28(3)32(22-39)46-37(7,8)41-9)27(2)23-43-25-42-20-21-48(10,11)12/h13-17,28,32-35H,2,18-21,23-25H2,1,3-12H3/t28-,32?,33-,34+,35?,38-/m1/s1. The summed E-state index contributed by atoms with van der Waals surface area (Å²) in [6.45, 7) is 26.0. The highest BCUT2D eigenvalue weighted by Gasteiger charge is 2.64. The number of nitriles is 1. The van der Waals surface area contributed by atoms with Gasteiger partial charge in [0.25, 0.3) is 0 Å². The largest absolute Gasteiger partial charge is 0.461 e. The minimum Gasteiger partial charge on any atom is -0.461 e. The van der Waals surface area contributed by atoms with Gasteiger partial charge in [-0.25, -0.2) is 0 Å². The van der Waals surface area contributed by atoms with E-state index >= 15 is 0 Å². The van der Waals surface area contributed by atoms with Gasteiger partial charge in [-0.1, -0.05) is 82.9 Å². The van der Waals surface area contributed by atoms with Crippen LogP contribution in [-0.4, -0.2) is 71.4 Å². The predicted molar refractivity (Wildman–Crippen MR) is 189 cm³/mol. The summed E-state index contributed by atoms with van der Waals surface area (Å²) in [5.74, 6) is -2.19. The van der Waals surface area contributed by atoms with E-state index in [1.165, 1.54) is 12.5 Å². The number of carbonyl (C=O) groups excluding carboxylic acids is 1. The summed E-state index contributed by atoms with van der Waals surface area (Å²) in [7, 11) is 0.320. The van der Waals surface area contributed by atoms with Gasteiger partial charge in [0.2, 0.25) is 0 Å². The molecular weight excluding hydrogens is 627 g/mol. The Hall–Kier alpha value is -2.36. The molecule has 6 atom stereocenters. The van der Waals surface area contributed by atoms with Crippen molar-refractivity contribution in [3.63, 3.8) is 0 Å². The van der Waals surface area contributed by atoms with Gasteiger partial charge in [-0.05, 0) is 50.8 Å². The Bertz CT molecular complexity index is 1310. The van der Waals surface area contributed by atoms with Gasteiger partial charge in [-0.3, -0.25) is 4.79 Å². The minimum absolute atomic E-state index is 0.138. The number of methoxy groups -OCH3 is 1. The second kappa shape index (κ2) is 16.6. The molecule has 2 unspecified atom stereocenters. The lowest BCUT2D eigenvalue weighted by Gasteiger charge is -2.53. The first-order chi connectivity index (χ1) is 22.4. The molecule has 48 heavy (non-hydrogen) atoms. The molecule has 2 aliphatic rings. The molecule has 1 aliphatic heterocycles. The lowest BCUT2D eigenvalue weighted by atomic mass is 9.57. The smallest absolute Gasteiger partial charge is 0.302 e. The van der Waals surface area contributed by atoms with Crippen molar-refractivity contribution in [3.05, 3.63) is 59.2 Å². The first-order valence-electron chi connectivity index (χ1n) is 17.1. The first-order valence-corrected chi connectivity index (χ1v) is 20.8. The molecule has 0 N–H and O–H groups in total. The molecule has 268 valence electrons. The first kappa shape index (κ1) is 40.1. The normalized spacial score (nSPS) is 24.6. The van der Waals surface area contributed by atoms with Crippen LogP contribution >= 0.6 is 0 Å². The third-order valence-electron chi connectivity index (χ3n) is 10.1. The number of rotatable bonds is 17. The summed E-state index contributed by atoms with van der Waals surface area (Å²) in [6.07, 6.45) is -0.722. The predicted octanol–water partition coefficient (Wildman–Crippen LogP) is 7.97. The Labute approximate surface area is 289 Å². The second-order valence-electron chi connectivity index (χ2n) is 15.5. The van der Waals surface area contributed by atoms with E-state index in [0.717, 1.165) is 29.2 Å². The lowest BCUT2D eigenvalue weighted by Crippen LogP contribution is -2.59. The molecule has 0 radical (unpaired) electrons. The van der Waals surface area contributed by atoms with Gasteiger partial charge in [-0.2, -0.15) is 5.26 Å². The Balaban J connectivity index is 2.09. The van der Waals surface area contributed by atoms with E-state index in [2.05, 4.69) is 53.1 Å². The Kier molecular flexibility index (Phi) is 13.8. The number of esters is 1. The zero-order valence-electron chi connectivity index (χ0n) is 31.1. The van der Waals surface area contributed by atoms with E-state index in [1.54, 1.807) is 21.0 Å². The van der Waals surface area contributed by atoms with Crippen LogP contribution in [0.2, 0.25) is 25.7 Å². The van der Waals surface area contributed by atoms with Gasteiger partial charge in [0.1, 0.15) is 19.0 Å². The maximum Gasteiger partial charge on any atom is 0.302 e. The summed E-state index contributed by atoms with van der Waals surface area (Å²) >= 11 is 0. The van der Waals surface area contributed by atoms with Crippen molar-refractivity contribution in [2.75, 3.05) is 33.7 Å². The summed E-state index contributed by atoms with van der Waals surface area (Å²) in [6, 6.07) is 13.3. The number of ether oxygens (including phenoxy) is 7. The number of hydrogen-bond acceptors (Lipinski definition) is 9. The van der Waals surface area contributed by atoms with Crippen molar-refractivity contribution < 1.29 is 38.0 Å². The third-order valence-corrected chi connectivity index (χ3v) is 11.8. The zero-order chi connectivity index (χ0) is 35.9. The average molecular weight is 686 g/mol. The zero-order valence-corrected chi connectivity index (χ0v) is 32.1. The topological polar surface area (TPSA) is 105 Å². The molecular formula is C38H59NO8Si. The summed E-state index contributed by atoms with van der Waals surface area (Å²) in [5, 5.41) is 10.5. The summed E-state index contributed by atoms with van der Waals surface area (Å²) in [4.78, 5) is 12.0. The summed E-state index contributed by atoms with van der Waals surface area (Å²) < 4.78 is 43.5. The van der Waals surface area contributed by atoms with E-state index in [4.69, 9.17) is 33.2 Å². The molecule has 1 spiro atoms. The molecule has 0 saturated carbocycles. The van der Waals surface area contributed by atoms with Crippen molar-refractivity contribution in [3.8, 4) is 6.07 Å². The van der Waals surface area contributed by atoms with Crippen LogP contribution in [0.4, 0.5) is 0 Å². The van der Waals surface area contributed by atoms with Gasteiger partial charge in [-0.15, -0.1) is 0 Å². The monoisotopic (exact) mass is 685 g/mol. The van der Waals surface area contributed by atoms with Gasteiger partial charge in [0, 0.05) is 51.5 Å². The maximum atomic E-state index is 12.0. The fraction of sp³-hybridized carbons (Fsp3) is 0.684. The van der Waals surface area contributed by atoms with Crippen LogP contribution in [0.15, 0.2) is 53.6 Å². The van der Waals surface area contributed by atoms with E-state index in [0.29, 0.717) is 13.0 Å². The Morgan fingerprint density at radius 2 is 1.85 bits per heavy atom. The molecule has 1 heterocycles. The number of hydrogen-bond donors (Lipinski definition) is 0. The van der Waals surface area contributed by atoms with Gasteiger partial charge in [0.15, 0.2) is 18.2 Å². The highest BCUT2D eigenvalue weighted by Crippen LogP contribution is 2.60. The van der Waals surface area contributed by atoms with Crippen LogP contribution in [-0.2, 0) is 38.0 Å². The SMILES string of the molecule is C=C(COCOCC[Si](C)(C)C)[C@H]([C@H](C)C(C#N)OC(C)(C)OC)[C@@H]1OC(c2ccccc2)O[C@]12CCC(C)=C(COC(C)=O)C2(C)C. The molecule has 9 nitrogen and oxygen atoms in total. The van der Waals surface area contributed by atoms with Crippen LogP contribution in [0.25, 0.3) is 0 Å². The van der Waals surface area contributed by atoms with Crippen LogP contribution < -0.4 is 0 Å². The molecule has 3 rings (SSSR count). The van der Waals surface area contributed by atoms with Crippen molar-refractivity contribution in [2.24, 2.45) is 17.3 Å².